The predicted molar refractivity (Wildman–Crippen MR) is 133 cm³/mol. The third-order valence-corrected chi connectivity index (χ3v) is 5.53. The van der Waals surface area contributed by atoms with Gasteiger partial charge >= 0.3 is 5.69 Å². The maximum absolute atomic E-state index is 12.9. The Labute approximate surface area is 203 Å². The lowest BCUT2D eigenvalue weighted by Gasteiger charge is -2.10. The molecule has 0 aliphatic rings. The second-order valence-corrected chi connectivity index (χ2v) is 7.60. The number of nitrogens with zero attached hydrogens (tertiary/aromatic N) is 2. The van der Waals surface area contributed by atoms with Crippen LogP contribution in [0.15, 0.2) is 35.1 Å². The van der Waals surface area contributed by atoms with E-state index >= 15 is 0 Å². The molecule has 0 radical (unpaired) electrons. The summed E-state index contributed by atoms with van der Waals surface area (Å²) in [5.74, 6) is 1.40. The number of hydrogen-bond donors (Lipinski definition) is 2. The number of rotatable bonds is 8. The fourth-order valence-corrected chi connectivity index (χ4v) is 3.61. The van der Waals surface area contributed by atoms with Crippen LogP contribution in [0.4, 0.5) is 0 Å². The first-order valence-electron chi connectivity index (χ1n) is 10.6. The average molecular weight is 482 g/mol. The van der Waals surface area contributed by atoms with Gasteiger partial charge in [0.25, 0.3) is 0 Å². The van der Waals surface area contributed by atoms with Crippen molar-refractivity contribution in [2.45, 2.75) is 0 Å². The number of aromatic hydroxyl groups is 2. The molecule has 184 valence electrons. The molecule has 9 nitrogen and oxygen atoms in total. The minimum absolute atomic E-state index is 0.0565. The molecule has 2 N–H and O–H groups in total. The van der Waals surface area contributed by atoms with Crippen LogP contribution in [0, 0.1) is 0 Å². The van der Waals surface area contributed by atoms with Crippen LogP contribution >= 0.6 is 0 Å². The topological polar surface area (TPSA) is 103 Å². The summed E-state index contributed by atoms with van der Waals surface area (Å²) in [7, 11) is 9.27. The minimum Gasteiger partial charge on any atom is -0.504 e. The van der Waals surface area contributed by atoms with Gasteiger partial charge in [0.05, 0.1) is 42.5 Å². The highest BCUT2D eigenvalue weighted by Crippen LogP contribution is 2.36. The van der Waals surface area contributed by atoms with E-state index in [2.05, 4.69) is 0 Å². The Balaban J connectivity index is 2.07. The Morgan fingerprint density at radius 3 is 1.69 bits per heavy atom. The van der Waals surface area contributed by atoms with Gasteiger partial charge < -0.3 is 29.2 Å². The number of aromatic nitrogens is 2. The monoisotopic (exact) mass is 481 g/mol. The van der Waals surface area contributed by atoms with Crippen molar-refractivity contribution in [3.05, 3.63) is 63.3 Å². The van der Waals surface area contributed by atoms with E-state index in [4.69, 9.17) is 18.9 Å². The molecule has 0 saturated heterocycles. The van der Waals surface area contributed by atoms with Gasteiger partial charge in [0, 0.05) is 29.3 Å². The van der Waals surface area contributed by atoms with Crippen LogP contribution in [0.3, 0.4) is 0 Å². The molecule has 3 aromatic rings. The van der Waals surface area contributed by atoms with Crippen molar-refractivity contribution >= 4 is 24.3 Å². The minimum atomic E-state index is -0.243. The molecule has 0 saturated carbocycles. The first-order chi connectivity index (χ1) is 16.7. The SMILES string of the molecule is COc1cc(O)c(OC)c(/C=C/c2cc(/C=C/c3cc(OC)cc(O)c3OC)[n+](C)c(=O)n2C)c1. The summed E-state index contributed by atoms with van der Waals surface area (Å²) < 4.78 is 24.1. The van der Waals surface area contributed by atoms with E-state index in [1.807, 2.05) is 6.07 Å². The maximum Gasteiger partial charge on any atom is 0.498 e. The quantitative estimate of drug-likeness (QED) is 0.477. The van der Waals surface area contributed by atoms with Crippen molar-refractivity contribution in [2.75, 3.05) is 28.4 Å². The Bertz CT molecular complexity index is 1260. The zero-order chi connectivity index (χ0) is 25.7. The summed E-state index contributed by atoms with van der Waals surface area (Å²) in [6.07, 6.45) is 6.94. The molecule has 35 heavy (non-hydrogen) atoms. The number of benzene rings is 2. The predicted octanol–water partition coefficient (Wildman–Crippen LogP) is 3.00. The van der Waals surface area contributed by atoms with Crippen molar-refractivity contribution in [1.29, 1.82) is 0 Å². The van der Waals surface area contributed by atoms with Crippen molar-refractivity contribution in [3.63, 3.8) is 0 Å². The fraction of sp³-hybridized carbons (Fsp3) is 0.231. The Morgan fingerprint density at radius 1 is 0.743 bits per heavy atom. The molecule has 0 aliphatic carbocycles. The second-order valence-electron chi connectivity index (χ2n) is 7.60. The van der Waals surface area contributed by atoms with Crippen LogP contribution in [0.2, 0.25) is 0 Å². The molecule has 2 aromatic carbocycles. The normalized spacial score (nSPS) is 11.3. The van der Waals surface area contributed by atoms with Gasteiger partial charge in [-0.05, 0) is 36.4 Å². The Morgan fingerprint density at radius 2 is 1.23 bits per heavy atom. The van der Waals surface area contributed by atoms with E-state index in [9.17, 15) is 15.0 Å². The molecule has 0 spiro atoms. The lowest BCUT2D eigenvalue weighted by atomic mass is 10.1. The van der Waals surface area contributed by atoms with E-state index in [1.165, 1.54) is 49.7 Å². The standard InChI is InChI=1S/C26H28N2O7/c1-27-18(9-7-16-11-20(32-3)14-22(29)24(16)34-5)13-19(28(2)26(27)31)10-8-17-12-21(33-4)15-23(30)25(17)35-6/h7-15H,1-6H3,(H-,29,30)/p+1/b9-7+,10-8+. The van der Waals surface area contributed by atoms with Crippen molar-refractivity contribution in [1.82, 2.24) is 4.57 Å². The summed E-state index contributed by atoms with van der Waals surface area (Å²) in [4.78, 5) is 12.9. The maximum atomic E-state index is 12.9. The van der Waals surface area contributed by atoms with Crippen molar-refractivity contribution in [3.8, 4) is 34.5 Å². The lowest BCUT2D eigenvalue weighted by Crippen LogP contribution is -2.53. The molecular formula is C26H29N2O7+. The number of ether oxygens (including phenoxy) is 4. The molecule has 0 atom stereocenters. The number of phenolic OH excluding ortho intramolecular Hbond substituents is 2. The molecule has 0 aliphatic heterocycles. The lowest BCUT2D eigenvalue weighted by molar-refractivity contribution is -0.692. The van der Waals surface area contributed by atoms with Gasteiger partial charge in [-0.25, -0.2) is 0 Å². The number of phenols is 2. The van der Waals surface area contributed by atoms with Gasteiger partial charge in [0.1, 0.15) is 22.9 Å². The van der Waals surface area contributed by atoms with Crippen molar-refractivity contribution < 1.29 is 33.7 Å². The van der Waals surface area contributed by atoms with Gasteiger partial charge in [0.2, 0.25) is 0 Å². The molecule has 0 unspecified atom stereocenters. The molecule has 0 amide bonds. The zero-order valence-corrected chi connectivity index (χ0v) is 20.5. The highest BCUT2D eigenvalue weighted by atomic mass is 16.5. The van der Waals surface area contributed by atoms with Crippen LogP contribution in [0.5, 0.6) is 34.5 Å². The first-order valence-corrected chi connectivity index (χ1v) is 10.6. The van der Waals surface area contributed by atoms with E-state index in [0.29, 0.717) is 45.5 Å². The van der Waals surface area contributed by atoms with Crippen LogP contribution in [-0.4, -0.2) is 43.2 Å². The zero-order valence-electron chi connectivity index (χ0n) is 20.5. The van der Waals surface area contributed by atoms with Gasteiger partial charge in [0.15, 0.2) is 23.0 Å². The highest BCUT2D eigenvalue weighted by Gasteiger charge is 2.15. The summed E-state index contributed by atoms with van der Waals surface area (Å²) in [6.45, 7) is 0. The van der Waals surface area contributed by atoms with Gasteiger partial charge in [-0.15, -0.1) is 0 Å². The van der Waals surface area contributed by atoms with E-state index < -0.39 is 0 Å². The molecule has 3 rings (SSSR count). The number of hydrogen-bond acceptors (Lipinski definition) is 7. The van der Waals surface area contributed by atoms with Gasteiger partial charge in [-0.3, -0.25) is 0 Å². The smallest absolute Gasteiger partial charge is 0.498 e. The highest BCUT2D eigenvalue weighted by molar-refractivity contribution is 5.77. The van der Waals surface area contributed by atoms with Crippen molar-refractivity contribution in [2.24, 2.45) is 14.1 Å². The Kier molecular flexibility index (Phi) is 7.70. The summed E-state index contributed by atoms with van der Waals surface area (Å²) in [5, 5.41) is 20.4. The largest absolute Gasteiger partial charge is 0.504 e. The fourth-order valence-electron chi connectivity index (χ4n) is 3.61. The van der Waals surface area contributed by atoms with Crippen LogP contribution in [0.25, 0.3) is 24.3 Å². The summed E-state index contributed by atoms with van der Waals surface area (Å²) in [5.41, 5.74) is 2.14. The third-order valence-electron chi connectivity index (χ3n) is 5.53. The second kappa shape index (κ2) is 10.7. The molecule has 9 heteroatoms. The van der Waals surface area contributed by atoms with Gasteiger partial charge in [-0.1, -0.05) is 0 Å². The molecule has 1 aromatic heterocycles. The summed E-state index contributed by atoms with van der Waals surface area (Å²) in [6, 6.07) is 8.19. The average Bonchev–Trinajstić information content (AvgIpc) is 2.85. The van der Waals surface area contributed by atoms with Crippen LogP contribution < -0.4 is 29.2 Å². The van der Waals surface area contributed by atoms with Crippen LogP contribution in [-0.2, 0) is 14.1 Å². The molecule has 1 heterocycles. The van der Waals surface area contributed by atoms with Crippen LogP contribution in [0.1, 0.15) is 22.5 Å². The first kappa shape index (κ1) is 25.2. The molecule has 0 fully saturated rings. The summed E-state index contributed by atoms with van der Waals surface area (Å²) >= 11 is 0. The molecule has 0 bridgehead atoms. The third kappa shape index (κ3) is 5.24. The van der Waals surface area contributed by atoms with E-state index in [1.54, 1.807) is 50.5 Å². The van der Waals surface area contributed by atoms with E-state index in [-0.39, 0.29) is 17.2 Å². The number of methoxy groups -OCH3 is 4. The van der Waals surface area contributed by atoms with E-state index in [0.717, 1.165) is 0 Å². The molecular weight excluding hydrogens is 452 g/mol. The van der Waals surface area contributed by atoms with Gasteiger partial charge in [-0.2, -0.15) is 13.9 Å². The Hall–Kier alpha value is -4.40.